The van der Waals surface area contributed by atoms with Crippen molar-refractivity contribution in [1.82, 2.24) is 10.2 Å². The molecule has 6 aliphatic rings. The summed E-state index contributed by atoms with van der Waals surface area (Å²) in [6, 6.07) is 8.45. The predicted molar refractivity (Wildman–Crippen MR) is 106 cm³/mol. The van der Waals surface area contributed by atoms with Gasteiger partial charge < -0.3 is 10.1 Å². The van der Waals surface area contributed by atoms with Gasteiger partial charge in [0, 0.05) is 29.6 Å². The van der Waals surface area contributed by atoms with Gasteiger partial charge in [-0.25, -0.2) is 0 Å². The normalized spacial score (nSPS) is 46.9. The summed E-state index contributed by atoms with van der Waals surface area (Å²) in [5.74, 6) is 3.92. The van der Waals surface area contributed by atoms with Crippen LogP contribution in [0.1, 0.15) is 49.7 Å². The molecule has 5 unspecified atom stereocenters. The Labute approximate surface area is 162 Å². The third kappa shape index (κ3) is 1.74. The number of ether oxygens (including phenoxy) is 1. The van der Waals surface area contributed by atoms with Crippen LogP contribution in [0, 0.1) is 23.2 Å². The third-order valence-electron chi connectivity index (χ3n) is 9.82. The van der Waals surface area contributed by atoms with Crippen LogP contribution < -0.4 is 10.1 Å². The Kier molecular flexibility index (Phi) is 2.99. The number of likely N-dealkylation sites (tertiary alicyclic amines) is 1. The van der Waals surface area contributed by atoms with Gasteiger partial charge in [0.15, 0.2) is 0 Å². The van der Waals surface area contributed by atoms with Gasteiger partial charge in [0.25, 0.3) is 0 Å². The Balaban J connectivity index is 1.47. The van der Waals surface area contributed by atoms with Crippen LogP contribution >= 0.6 is 0 Å². The first kappa shape index (κ1) is 15.8. The maximum absolute atomic E-state index is 6.03. The summed E-state index contributed by atoms with van der Waals surface area (Å²) in [4.78, 5) is 2.97. The van der Waals surface area contributed by atoms with Crippen LogP contribution in [-0.2, 0) is 11.8 Å². The maximum Gasteiger partial charge on any atom is 0.122 e. The average molecular weight is 365 g/mol. The van der Waals surface area contributed by atoms with E-state index in [0.29, 0.717) is 10.8 Å². The first-order chi connectivity index (χ1) is 13.3. The molecule has 3 nitrogen and oxygen atoms in total. The Morgan fingerprint density at radius 2 is 2.15 bits per heavy atom. The number of methoxy groups -OCH3 is 1. The molecule has 0 radical (unpaired) electrons. The van der Waals surface area contributed by atoms with E-state index in [1.54, 1.807) is 11.1 Å². The molecule has 2 aliphatic heterocycles. The molecular weight excluding hydrogens is 332 g/mol. The fourth-order valence-corrected chi connectivity index (χ4v) is 9.02. The number of piperidine rings is 1. The van der Waals surface area contributed by atoms with E-state index in [0.717, 1.165) is 29.8 Å². The van der Waals surface area contributed by atoms with Crippen LogP contribution in [-0.4, -0.2) is 43.7 Å². The van der Waals surface area contributed by atoms with Gasteiger partial charge in [-0.3, -0.25) is 4.90 Å². The molecule has 1 N–H and O–H groups in total. The van der Waals surface area contributed by atoms with E-state index >= 15 is 0 Å². The lowest BCUT2D eigenvalue weighted by atomic mass is 9.43. The van der Waals surface area contributed by atoms with Gasteiger partial charge in [0.05, 0.1) is 7.11 Å². The van der Waals surface area contributed by atoms with Crippen molar-refractivity contribution in [2.75, 3.05) is 26.7 Å². The second-order valence-corrected chi connectivity index (χ2v) is 10.6. The van der Waals surface area contributed by atoms with Gasteiger partial charge in [-0.15, -0.1) is 0 Å². The molecule has 1 aromatic rings. The number of rotatable bonds is 3. The maximum atomic E-state index is 6.03. The van der Waals surface area contributed by atoms with Crippen LogP contribution in [0.25, 0.3) is 0 Å². The van der Waals surface area contributed by atoms with Gasteiger partial charge in [-0.2, -0.15) is 0 Å². The highest BCUT2D eigenvalue weighted by molar-refractivity contribution is 5.54. The first-order valence-electron chi connectivity index (χ1n) is 11.4. The van der Waals surface area contributed by atoms with Crippen molar-refractivity contribution in [3.05, 3.63) is 29.3 Å². The van der Waals surface area contributed by atoms with Crippen molar-refractivity contribution in [2.45, 2.75) is 62.4 Å². The summed E-state index contributed by atoms with van der Waals surface area (Å²) in [6.45, 7) is 3.95. The lowest BCUT2D eigenvalue weighted by Crippen LogP contribution is -2.69. The number of benzene rings is 1. The Morgan fingerprint density at radius 1 is 1.22 bits per heavy atom. The number of nitrogens with one attached hydrogen (secondary N) is 1. The van der Waals surface area contributed by atoms with Crippen molar-refractivity contribution < 1.29 is 4.74 Å². The number of hydrogen-bond donors (Lipinski definition) is 1. The second kappa shape index (κ2) is 5.10. The standard InChI is InChI=1S/C24H32N2O/c1-27-19-4-2-3-16-11-20-23-8-7-18-21(17(12-23)13-25-18)24(23,22(16)19)9-10-26(20)14-15-5-6-15/h2-4,15,17-18,20-21,25H,5-14H2,1H3/t17-,18?,20?,21?,23?,24?/m1/s1. The molecular formula is C24H32N2O. The highest BCUT2D eigenvalue weighted by Crippen LogP contribution is 2.75. The second-order valence-electron chi connectivity index (χ2n) is 10.6. The van der Waals surface area contributed by atoms with Crippen molar-refractivity contribution in [1.29, 1.82) is 0 Å². The predicted octanol–water partition coefficient (Wildman–Crippen LogP) is 3.36. The third-order valence-corrected chi connectivity index (χ3v) is 9.82. The van der Waals surface area contributed by atoms with E-state index in [-0.39, 0.29) is 0 Å². The summed E-state index contributed by atoms with van der Waals surface area (Å²) in [7, 11) is 1.89. The van der Waals surface area contributed by atoms with Crippen molar-refractivity contribution in [3.63, 3.8) is 0 Å². The van der Waals surface area contributed by atoms with Gasteiger partial charge >= 0.3 is 0 Å². The number of nitrogens with zero attached hydrogens (tertiary/aromatic N) is 1. The topological polar surface area (TPSA) is 24.5 Å². The highest BCUT2D eigenvalue weighted by Gasteiger charge is 2.75. The molecule has 3 heteroatoms. The quantitative estimate of drug-likeness (QED) is 0.890. The fourth-order valence-electron chi connectivity index (χ4n) is 9.02. The van der Waals surface area contributed by atoms with Crippen LogP contribution in [0.2, 0.25) is 0 Å². The SMILES string of the molecule is COc1cccc2c1C13CCN(CC4CC4)C(C2)C12CCC1NC[C@@H](C2)C13. The van der Waals surface area contributed by atoms with Crippen molar-refractivity contribution >= 4 is 0 Å². The molecule has 4 bridgehead atoms. The van der Waals surface area contributed by atoms with E-state index in [9.17, 15) is 0 Å². The lowest BCUT2D eigenvalue weighted by Gasteiger charge is -2.66. The Morgan fingerprint density at radius 3 is 3.00 bits per heavy atom. The molecule has 5 fully saturated rings. The zero-order valence-corrected chi connectivity index (χ0v) is 16.5. The molecule has 0 spiro atoms. The zero-order chi connectivity index (χ0) is 17.8. The van der Waals surface area contributed by atoms with Gasteiger partial charge in [0.1, 0.15) is 5.75 Å². The monoisotopic (exact) mass is 364 g/mol. The van der Waals surface area contributed by atoms with Crippen LogP contribution in [0.4, 0.5) is 0 Å². The molecule has 27 heavy (non-hydrogen) atoms. The van der Waals surface area contributed by atoms with Crippen LogP contribution in [0.15, 0.2) is 18.2 Å². The van der Waals surface area contributed by atoms with Crippen molar-refractivity contribution in [2.24, 2.45) is 23.2 Å². The molecule has 1 aromatic carbocycles. The molecule has 0 aromatic heterocycles. The highest BCUT2D eigenvalue weighted by atomic mass is 16.5. The summed E-state index contributed by atoms with van der Waals surface area (Å²) in [6.07, 6.45) is 9.88. The van der Waals surface area contributed by atoms with Crippen LogP contribution in [0.5, 0.6) is 5.75 Å². The van der Waals surface area contributed by atoms with Gasteiger partial charge in [0.2, 0.25) is 0 Å². The Bertz CT molecular complexity index is 804. The lowest BCUT2D eigenvalue weighted by molar-refractivity contribution is -0.0948. The molecule has 6 atom stereocenters. The minimum Gasteiger partial charge on any atom is -0.496 e. The number of fused-ring (bicyclic) bond motifs is 1. The molecule has 144 valence electrons. The molecule has 2 heterocycles. The largest absolute Gasteiger partial charge is 0.496 e. The van der Waals surface area contributed by atoms with E-state index in [4.69, 9.17) is 4.74 Å². The van der Waals surface area contributed by atoms with Crippen LogP contribution in [0.3, 0.4) is 0 Å². The summed E-state index contributed by atoms with van der Waals surface area (Å²) in [5, 5.41) is 3.94. The summed E-state index contributed by atoms with van der Waals surface area (Å²) >= 11 is 0. The van der Waals surface area contributed by atoms with E-state index in [2.05, 4.69) is 28.4 Å². The van der Waals surface area contributed by atoms with E-state index < -0.39 is 0 Å². The molecule has 7 rings (SSSR count). The average Bonchev–Trinajstić information content (AvgIpc) is 3.35. The van der Waals surface area contributed by atoms with Gasteiger partial charge in [-0.1, -0.05) is 12.1 Å². The molecule has 2 saturated heterocycles. The van der Waals surface area contributed by atoms with E-state index in [1.807, 2.05) is 7.11 Å². The van der Waals surface area contributed by atoms with Crippen molar-refractivity contribution in [3.8, 4) is 5.75 Å². The minimum atomic E-state index is 0.370. The smallest absolute Gasteiger partial charge is 0.122 e. The summed E-state index contributed by atoms with van der Waals surface area (Å²) in [5.41, 5.74) is 4.14. The molecule has 3 saturated carbocycles. The fraction of sp³-hybridized carbons (Fsp3) is 0.750. The zero-order valence-electron chi connectivity index (χ0n) is 16.5. The summed E-state index contributed by atoms with van der Waals surface area (Å²) < 4.78 is 6.03. The number of hydrogen-bond acceptors (Lipinski definition) is 3. The molecule has 0 amide bonds. The van der Waals surface area contributed by atoms with Gasteiger partial charge in [-0.05, 0) is 92.8 Å². The van der Waals surface area contributed by atoms with E-state index in [1.165, 1.54) is 70.3 Å². The Hall–Kier alpha value is -1.06. The first-order valence-corrected chi connectivity index (χ1v) is 11.4. The minimum absolute atomic E-state index is 0.370. The molecule has 4 aliphatic carbocycles.